The molecule has 3 heteroatoms. The van der Waals surface area contributed by atoms with Crippen LogP contribution < -0.4 is 0 Å². The SMILES string of the molecule is CC(C)(F)CCC=O.CO. The minimum atomic E-state index is -1.18. The minimum Gasteiger partial charge on any atom is -0.400 e. The molecular weight excluding hydrogens is 135 g/mol. The highest BCUT2D eigenvalue weighted by Gasteiger charge is 2.13. The lowest BCUT2D eigenvalue weighted by Crippen LogP contribution is -2.10. The molecule has 0 atom stereocenters. The second-order valence-corrected chi connectivity index (χ2v) is 2.42. The molecule has 0 bridgehead atoms. The topological polar surface area (TPSA) is 37.3 Å². The molecule has 0 spiro atoms. The Bertz CT molecular complexity index is 76.2. The summed E-state index contributed by atoms with van der Waals surface area (Å²) in [6, 6.07) is 0. The number of halogens is 1. The van der Waals surface area contributed by atoms with E-state index in [2.05, 4.69) is 0 Å². The molecule has 0 saturated heterocycles. The van der Waals surface area contributed by atoms with Gasteiger partial charge in [0.2, 0.25) is 0 Å². The lowest BCUT2D eigenvalue weighted by Gasteiger charge is -2.09. The number of rotatable bonds is 3. The average Bonchev–Trinajstić information content (AvgIpc) is 1.87. The van der Waals surface area contributed by atoms with E-state index < -0.39 is 5.67 Å². The van der Waals surface area contributed by atoms with Crippen LogP contribution >= 0.6 is 0 Å². The van der Waals surface area contributed by atoms with Crippen LogP contribution in [0.2, 0.25) is 0 Å². The van der Waals surface area contributed by atoms with Crippen LogP contribution in [0.25, 0.3) is 0 Å². The molecule has 0 amide bonds. The van der Waals surface area contributed by atoms with E-state index in [4.69, 9.17) is 5.11 Å². The molecule has 1 N–H and O–H groups in total. The molecule has 62 valence electrons. The van der Waals surface area contributed by atoms with Gasteiger partial charge in [0.1, 0.15) is 12.0 Å². The maximum atomic E-state index is 12.4. The number of hydrogen-bond donors (Lipinski definition) is 1. The molecule has 0 rings (SSSR count). The number of hydrogen-bond acceptors (Lipinski definition) is 2. The van der Waals surface area contributed by atoms with Gasteiger partial charge in [-0.15, -0.1) is 0 Å². The van der Waals surface area contributed by atoms with Crippen LogP contribution in [-0.2, 0) is 4.79 Å². The van der Waals surface area contributed by atoms with Gasteiger partial charge in [0, 0.05) is 13.5 Å². The summed E-state index contributed by atoms with van der Waals surface area (Å²) in [5, 5.41) is 7.00. The highest BCUT2D eigenvalue weighted by molar-refractivity contribution is 5.49. The Morgan fingerprint density at radius 3 is 2.00 bits per heavy atom. The van der Waals surface area contributed by atoms with E-state index in [1.54, 1.807) is 0 Å². The molecule has 0 saturated carbocycles. The van der Waals surface area contributed by atoms with Crippen LogP contribution in [0.5, 0.6) is 0 Å². The van der Waals surface area contributed by atoms with E-state index in [-0.39, 0.29) is 0 Å². The zero-order valence-electron chi connectivity index (χ0n) is 6.72. The third-order valence-electron chi connectivity index (χ3n) is 0.857. The molecule has 0 fully saturated rings. The summed E-state index contributed by atoms with van der Waals surface area (Å²) in [5.41, 5.74) is -1.18. The number of carbonyl (C=O) groups is 1. The van der Waals surface area contributed by atoms with Crippen LogP contribution in [0.1, 0.15) is 26.7 Å². The molecule has 10 heavy (non-hydrogen) atoms. The van der Waals surface area contributed by atoms with Crippen LogP contribution in [-0.4, -0.2) is 24.2 Å². The largest absolute Gasteiger partial charge is 0.400 e. The first-order chi connectivity index (χ1) is 4.56. The molecule has 0 aliphatic carbocycles. The molecule has 0 aliphatic heterocycles. The fourth-order valence-electron chi connectivity index (χ4n) is 0.402. The Morgan fingerprint density at radius 2 is 1.90 bits per heavy atom. The van der Waals surface area contributed by atoms with Gasteiger partial charge in [0.25, 0.3) is 0 Å². The van der Waals surface area contributed by atoms with Gasteiger partial charge in [0.05, 0.1) is 0 Å². The molecular formula is C7H15FO2. The van der Waals surface area contributed by atoms with Crippen molar-refractivity contribution in [2.24, 2.45) is 0 Å². The first kappa shape index (κ1) is 12.3. The van der Waals surface area contributed by atoms with Crippen molar-refractivity contribution in [2.75, 3.05) is 7.11 Å². The van der Waals surface area contributed by atoms with Crippen molar-refractivity contribution in [3.05, 3.63) is 0 Å². The van der Waals surface area contributed by atoms with Gasteiger partial charge in [-0.2, -0.15) is 0 Å². The van der Waals surface area contributed by atoms with Crippen molar-refractivity contribution in [1.82, 2.24) is 0 Å². The summed E-state index contributed by atoms with van der Waals surface area (Å²) in [5.74, 6) is 0. The van der Waals surface area contributed by atoms with Crippen molar-refractivity contribution in [3.63, 3.8) is 0 Å². The molecule has 2 nitrogen and oxygen atoms in total. The second-order valence-electron chi connectivity index (χ2n) is 2.42. The first-order valence-corrected chi connectivity index (χ1v) is 3.13. The maximum absolute atomic E-state index is 12.4. The fourth-order valence-corrected chi connectivity index (χ4v) is 0.402. The summed E-state index contributed by atoms with van der Waals surface area (Å²) in [6.45, 7) is 2.94. The monoisotopic (exact) mass is 150 g/mol. The van der Waals surface area contributed by atoms with E-state index in [0.717, 1.165) is 13.4 Å². The number of aliphatic hydroxyl groups excluding tert-OH is 1. The molecule has 0 unspecified atom stereocenters. The number of carbonyl (C=O) groups excluding carboxylic acids is 1. The molecule has 0 heterocycles. The Balaban J connectivity index is 0. The number of aliphatic hydroxyl groups is 1. The molecule has 0 aromatic heterocycles. The van der Waals surface area contributed by atoms with Gasteiger partial charge in [0.15, 0.2) is 0 Å². The Labute approximate surface area is 61.1 Å². The van der Waals surface area contributed by atoms with E-state index >= 15 is 0 Å². The van der Waals surface area contributed by atoms with Crippen molar-refractivity contribution in [1.29, 1.82) is 0 Å². The Morgan fingerprint density at radius 1 is 1.50 bits per heavy atom. The van der Waals surface area contributed by atoms with E-state index in [1.165, 1.54) is 13.8 Å². The molecule has 0 aliphatic rings. The van der Waals surface area contributed by atoms with E-state index in [9.17, 15) is 9.18 Å². The van der Waals surface area contributed by atoms with Crippen molar-refractivity contribution in [3.8, 4) is 0 Å². The second kappa shape index (κ2) is 6.68. The number of alkyl halides is 1. The molecule has 0 aromatic rings. The predicted octanol–water partition coefficient (Wildman–Crippen LogP) is 1.32. The van der Waals surface area contributed by atoms with Crippen LogP contribution in [0, 0.1) is 0 Å². The summed E-state index contributed by atoms with van der Waals surface area (Å²) in [4.78, 5) is 9.68. The van der Waals surface area contributed by atoms with Gasteiger partial charge in [-0.25, -0.2) is 4.39 Å². The van der Waals surface area contributed by atoms with Gasteiger partial charge < -0.3 is 9.90 Å². The third kappa shape index (κ3) is 15.6. The van der Waals surface area contributed by atoms with Crippen molar-refractivity contribution < 1.29 is 14.3 Å². The first-order valence-electron chi connectivity index (χ1n) is 3.13. The smallest absolute Gasteiger partial charge is 0.120 e. The van der Waals surface area contributed by atoms with Crippen LogP contribution in [0.4, 0.5) is 4.39 Å². The minimum absolute atomic E-state index is 0.323. The lowest BCUT2D eigenvalue weighted by molar-refractivity contribution is -0.108. The summed E-state index contributed by atoms with van der Waals surface area (Å²) < 4.78 is 12.4. The lowest BCUT2D eigenvalue weighted by atomic mass is 10.1. The van der Waals surface area contributed by atoms with Gasteiger partial charge in [-0.1, -0.05) is 0 Å². The summed E-state index contributed by atoms with van der Waals surface area (Å²) in [7, 11) is 1.00. The normalized spacial score (nSPS) is 9.70. The third-order valence-corrected chi connectivity index (χ3v) is 0.857. The van der Waals surface area contributed by atoms with E-state index in [1.807, 2.05) is 0 Å². The Hall–Kier alpha value is -0.440. The Kier molecular flexibility index (Phi) is 8.18. The molecule has 0 aromatic carbocycles. The van der Waals surface area contributed by atoms with Crippen molar-refractivity contribution >= 4 is 6.29 Å². The van der Waals surface area contributed by atoms with Crippen LogP contribution in [0.15, 0.2) is 0 Å². The van der Waals surface area contributed by atoms with Gasteiger partial charge >= 0.3 is 0 Å². The van der Waals surface area contributed by atoms with E-state index in [0.29, 0.717) is 12.8 Å². The van der Waals surface area contributed by atoms with Crippen molar-refractivity contribution in [2.45, 2.75) is 32.4 Å². The highest BCUT2D eigenvalue weighted by atomic mass is 19.1. The highest BCUT2D eigenvalue weighted by Crippen LogP contribution is 2.14. The number of aldehydes is 1. The summed E-state index contributed by atoms with van der Waals surface area (Å²) >= 11 is 0. The quantitative estimate of drug-likeness (QED) is 0.616. The van der Waals surface area contributed by atoms with Gasteiger partial charge in [-0.3, -0.25) is 0 Å². The zero-order valence-corrected chi connectivity index (χ0v) is 6.72. The fraction of sp³-hybridized carbons (Fsp3) is 0.857. The molecule has 0 radical (unpaired) electrons. The summed E-state index contributed by atoms with van der Waals surface area (Å²) in [6.07, 6.45) is 1.39. The zero-order chi connectivity index (χ0) is 8.62. The maximum Gasteiger partial charge on any atom is 0.120 e. The van der Waals surface area contributed by atoms with Crippen LogP contribution in [0.3, 0.4) is 0 Å². The average molecular weight is 150 g/mol. The predicted molar refractivity (Wildman–Crippen MR) is 38.6 cm³/mol. The van der Waals surface area contributed by atoms with Gasteiger partial charge in [-0.05, 0) is 20.3 Å². The standard InChI is InChI=1S/C6H11FO.CH4O/c1-6(2,7)4-3-5-8;1-2/h5H,3-4H2,1-2H3;2H,1H3.